The van der Waals surface area contributed by atoms with Crippen LogP contribution in [0, 0.1) is 5.82 Å². The number of hydrogen-bond acceptors (Lipinski definition) is 2. The van der Waals surface area contributed by atoms with Crippen molar-refractivity contribution in [2.24, 2.45) is 0 Å². The van der Waals surface area contributed by atoms with Crippen LogP contribution in [0.25, 0.3) is 11.1 Å². The van der Waals surface area contributed by atoms with Crippen molar-refractivity contribution in [3.05, 3.63) is 35.8 Å². The summed E-state index contributed by atoms with van der Waals surface area (Å²) in [6, 6.07) is 6.49. The Morgan fingerprint density at radius 1 is 1.05 bits per heavy atom. The highest BCUT2D eigenvalue weighted by molar-refractivity contribution is 5.76. The summed E-state index contributed by atoms with van der Waals surface area (Å²) in [5.41, 5.74) is 9.04. The molecule has 0 bridgehead atoms. The van der Waals surface area contributed by atoms with Crippen LogP contribution in [-0.4, -0.2) is 10.2 Å². The van der Waals surface area contributed by atoms with E-state index in [4.69, 9.17) is 5.73 Å². The highest BCUT2D eigenvalue weighted by Gasteiger charge is 2.22. The van der Waals surface area contributed by atoms with Gasteiger partial charge in [-0.2, -0.15) is 5.10 Å². The molecule has 1 saturated carbocycles. The van der Waals surface area contributed by atoms with Crippen LogP contribution in [-0.2, 0) is 0 Å². The van der Waals surface area contributed by atoms with Gasteiger partial charge in [0, 0.05) is 17.2 Å². The van der Waals surface area contributed by atoms with Crippen LogP contribution in [0.5, 0.6) is 0 Å². The minimum absolute atomic E-state index is 0.230. The summed E-state index contributed by atoms with van der Waals surface area (Å²) in [5.74, 6) is 0.769. The number of halogens is 1. The number of aromatic nitrogens is 2. The number of rotatable bonds is 2. The van der Waals surface area contributed by atoms with E-state index in [1.807, 2.05) is 0 Å². The maximum Gasteiger partial charge on any atom is 0.153 e. The van der Waals surface area contributed by atoms with Gasteiger partial charge in [-0.3, -0.25) is 5.10 Å². The van der Waals surface area contributed by atoms with Crippen molar-refractivity contribution in [1.29, 1.82) is 0 Å². The third-order valence-corrected chi connectivity index (χ3v) is 4.22. The van der Waals surface area contributed by atoms with E-state index >= 15 is 0 Å². The molecule has 1 fully saturated rings. The molecule has 0 radical (unpaired) electrons. The molecule has 2 aromatic rings. The summed E-state index contributed by atoms with van der Waals surface area (Å²) in [5, 5.41) is 7.30. The van der Waals surface area contributed by atoms with Crippen molar-refractivity contribution in [3.63, 3.8) is 0 Å². The molecule has 4 heteroatoms. The monoisotopic (exact) mass is 273 g/mol. The topological polar surface area (TPSA) is 54.7 Å². The first-order valence-corrected chi connectivity index (χ1v) is 7.35. The molecule has 3 N–H and O–H groups in total. The predicted octanol–water partition coefficient (Wildman–Crippen LogP) is 4.24. The summed E-state index contributed by atoms with van der Waals surface area (Å²) in [6.45, 7) is 0. The Labute approximate surface area is 118 Å². The zero-order valence-corrected chi connectivity index (χ0v) is 11.5. The van der Waals surface area contributed by atoms with E-state index in [2.05, 4.69) is 10.2 Å². The second kappa shape index (κ2) is 5.65. The molecule has 1 aromatic carbocycles. The molecule has 0 aliphatic heterocycles. The maximum absolute atomic E-state index is 13.1. The number of aromatic amines is 1. The van der Waals surface area contributed by atoms with Gasteiger partial charge < -0.3 is 5.73 Å². The quantitative estimate of drug-likeness (QED) is 0.804. The van der Waals surface area contributed by atoms with Crippen molar-refractivity contribution in [2.45, 2.75) is 44.4 Å². The summed E-state index contributed by atoms with van der Waals surface area (Å²) < 4.78 is 13.1. The zero-order valence-electron chi connectivity index (χ0n) is 11.5. The Balaban J connectivity index is 1.98. The highest BCUT2D eigenvalue weighted by atomic mass is 19.1. The normalized spacial score (nSPS) is 17.1. The minimum Gasteiger partial charge on any atom is -0.382 e. The molecule has 0 atom stereocenters. The molecule has 3 nitrogen and oxygen atoms in total. The molecule has 1 aromatic heterocycles. The fourth-order valence-electron chi connectivity index (χ4n) is 3.15. The lowest BCUT2D eigenvalue weighted by molar-refractivity contribution is 0.577. The highest BCUT2D eigenvalue weighted by Crippen LogP contribution is 2.38. The molecule has 0 amide bonds. The van der Waals surface area contributed by atoms with Crippen LogP contribution in [0.4, 0.5) is 10.2 Å². The second-order valence-corrected chi connectivity index (χ2v) is 5.59. The standard InChI is InChI=1S/C16H20FN3/c17-13-9-7-11(8-10-13)14-15(19-20-16(14)18)12-5-3-1-2-4-6-12/h7-10,12H,1-6H2,(H3,18,19,20). The summed E-state index contributed by atoms with van der Waals surface area (Å²) in [6.07, 6.45) is 7.49. The summed E-state index contributed by atoms with van der Waals surface area (Å²) >= 11 is 0. The van der Waals surface area contributed by atoms with E-state index in [-0.39, 0.29) is 5.82 Å². The first kappa shape index (κ1) is 13.2. The average Bonchev–Trinajstić information content (AvgIpc) is 2.67. The van der Waals surface area contributed by atoms with E-state index < -0.39 is 0 Å². The van der Waals surface area contributed by atoms with Crippen LogP contribution in [0.1, 0.15) is 50.1 Å². The molecular formula is C16H20FN3. The van der Waals surface area contributed by atoms with Gasteiger partial charge in [0.15, 0.2) is 5.82 Å². The van der Waals surface area contributed by atoms with Crippen LogP contribution in [0.15, 0.2) is 24.3 Å². The van der Waals surface area contributed by atoms with Gasteiger partial charge in [-0.1, -0.05) is 37.8 Å². The number of nitrogens with zero attached hydrogens (tertiary/aromatic N) is 1. The fraction of sp³-hybridized carbons (Fsp3) is 0.438. The van der Waals surface area contributed by atoms with E-state index in [1.165, 1.54) is 50.7 Å². The van der Waals surface area contributed by atoms with Crippen molar-refractivity contribution in [3.8, 4) is 11.1 Å². The van der Waals surface area contributed by atoms with Gasteiger partial charge in [0.1, 0.15) is 5.82 Å². The van der Waals surface area contributed by atoms with Crippen molar-refractivity contribution < 1.29 is 4.39 Å². The van der Waals surface area contributed by atoms with Crippen LogP contribution < -0.4 is 5.73 Å². The molecule has 0 spiro atoms. The van der Waals surface area contributed by atoms with E-state index in [1.54, 1.807) is 12.1 Å². The Morgan fingerprint density at radius 3 is 2.35 bits per heavy atom. The van der Waals surface area contributed by atoms with Crippen LogP contribution in [0.3, 0.4) is 0 Å². The molecule has 1 heterocycles. The SMILES string of the molecule is Nc1n[nH]c(C2CCCCCC2)c1-c1ccc(F)cc1. The third kappa shape index (κ3) is 2.55. The molecular weight excluding hydrogens is 253 g/mol. The van der Waals surface area contributed by atoms with Gasteiger partial charge in [-0.05, 0) is 30.5 Å². The van der Waals surface area contributed by atoms with Gasteiger partial charge >= 0.3 is 0 Å². The number of nitrogens with one attached hydrogen (secondary N) is 1. The number of H-pyrrole nitrogens is 1. The summed E-state index contributed by atoms with van der Waals surface area (Å²) in [4.78, 5) is 0. The molecule has 1 aliphatic rings. The van der Waals surface area contributed by atoms with Crippen LogP contribution >= 0.6 is 0 Å². The minimum atomic E-state index is -0.230. The van der Waals surface area contributed by atoms with Crippen molar-refractivity contribution in [1.82, 2.24) is 10.2 Å². The Hall–Kier alpha value is -1.84. The third-order valence-electron chi connectivity index (χ3n) is 4.22. The lowest BCUT2D eigenvalue weighted by atomic mass is 9.91. The Bertz CT molecular complexity index is 566. The number of hydrogen-bond donors (Lipinski definition) is 2. The molecule has 20 heavy (non-hydrogen) atoms. The van der Waals surface area contributed by atoms with E-state index in [9.17, 15) is 4.39 Å². The van der Waals surface area contributed by atoms with E-state index in [0.717, 1.165) is 16.8 Å². The molecule has 106 valence electrons. The average molecular weight is 273 g/mol. The largest absolute Gasteiger partial charge is 0.382 e. The van der Waals surface area contributed by atoms with Gasteiger partial charge in [0.25, 0.3) is 0 Å². The lowest BCUT2D eigenvalue weighted by Gasteiger charge is -2.14. The Morgan fingerprint density at radius 2 is 1.70 bits per heavy atom. The van der Waals surface area contributed by atoms with Gasteiger partial charge in [0.05, 0.1) is 0 Å². The smallest absolute Gasteiger partial charge is 0.153 e. The maximum atomic E-state index is 13.1. The van der Waals surface area contributed by atoms with Gasteiger partial charge in [-0.15, -0.1) is 0 Å². The van der Waals surface area contributed by atoms with E-state index in [0.29, 0.717) is 11.7 Å². The molecule has 0 saturated heterocycles. The summed E-state index contributed by atoms with van der Waals surface area (Å²) in [7, 11) is 0. The fourth-order valence-corrected chi connectivity index (χ4v) is 3.15. The number of anilines is 1. The van der Waals surface area contributed by atoms with Crippen LogP contribution in [0.2, 0.25) is 0 Å². The lowest BCUT2D eigenvalue weighted by Crippen LogP contribution is -2.00. The molecule has 0 unspecified atom stereocenters. The Kier molecular flexibility index (Phi) is 3.72. The zero-order chi connectivity index (χ0) is 13.9. The van der Waals surface area contributed by atoms with Gasteiger partial charge in [-0.25, -0.2) is 4.39 Å². The van der Waals surface area contributed by atoms with Crippen molar-refractivity contribution >= 4 is 5.82 Å². The molecule has 1 aliphatic carbocycles. The number of benzene rings is 1. The predicted molar refractivity (Wildman–Crippen MR) is 78.8 cm³/mol. The van der Waals surface area contributed by atoms with Crippen molar-refractivity contribution in [2.75, 3.05) is 5.73 Å². The number of nitrogen functional groups attached to an aromatic ring is 1. The van der Waals surface area contributed by atoms with Gasteiger partial charge in [0.2, 0.25) is 0 Å². The number of nitrogens with two attached hydrogens (primary N) is 1. The second-order valence-electron chi connectivity index (χ2n) is 5.59. The molecule has 3 rings (SSSR count). The first-order chi connectivity index (χ1) is 9.75. The first-order valence-electron chi connectivity index (χ1n) is 7.35.